The highest BCUT2D eigenvalue weighted by Gasteiger charge is 2.24. The van der Waals surface area contributed by atoms with Crippen molar-refractivity contribution in [2.75, 3.05) is 40.2 Å². The van der Waals surface area contributed by atoms with E-state index in [2.05, 4.69) is 5.32 Å². The number of anilines is 1. The largest absolute Gasteiger partial charge is 0.496 e. The van der Waals surface area contributed by atoms with E-state index in [9.17, 15) is 13.2 Å². The van der Waals surface area contributed by atoms with E-state index >= 15 is 0 Å². The van der Waals surface area contributed by atoms with Gasteiger partial charge in [0.2, 0.25) is 15.9 Å². The lowest BCUT2D eigenvalue weighted by atomic mass is 10.2. The molecule has 29 heavy (non-hydrogen) atoms. The highest BCUT2D eigenvalue weighted by molar-refractivity contribution is 7.89. The highest BCUT2D eigenvalue weighted by atomic mass is 35.5. The van der Waals surface area contributed by atoms with E-state index in [4.69, 9.17) is 25.8 Å². The summed E-state index contributed by atoms with van der Waals surface area (Å²) in [6, 6.07) is 7.50. The van der Waals surface area contributed by atoms with Gasteiger partial charge in [-0.15, -0.1) is 0 Å². The van der Waals surface area contributed by atoms with Crippen LogP contribution in [0.5, 0.6) is 17.2 Å². The van der Waals surface area contributed by atoms with Crippen LogP contribution in [-0.2, 0) is 14.8 Å². The summed E-state index contributed by atoms with van der Waals surface area (Å²) in [5.41, 5.74) is 0.981. The van der Waals surface area contributed by atoms with Gasteiger partial charge in [0, 0.05) is 19.2 Å². The minimum atomic E-state index is -3.87. The zero-order valence-electron chi connectivity index (χ0n) is 16.8. The van der Waals surface area contributed by atoms with Crippen LogP contribution in [0.3, 0.4) is 0 Å². The molecular weight excluding hydrogens is 420 g/mol. The van der Waals surface area contributed by atoms with Crippen LogP contribution in [0.25, 0.3) is 0 Å². The number of nitrogens with zero attached hydrogens (tertiary/aromatic N) is 1. The first kappa shape index (κ1) is 22.8. The van der Waals surface area contributed by atoms with Crippen LogP contribution in [-0.4, -0.2) is 53.6 Å². The molecule has 0 bridgehead atoms. The van der Waals surface area contributed by atoms with Crippen LogP contribution in [0.1, 0.15) is 5.56 Å². The topological polar surface area (TPSA) is 94.2 Å². The molecule has 0 fully saturated rings. The number of methoxy groups -OCH3 is 3. The van der Waals surface area contributed by atoms with Gasteiger partial charge in [0.05, 0.1) is 43.5 Å². The Kier molecular flexibility index (Phi) is 7.34. The first-order valence-electron chi connectivity index (χ1n) is 8.46. The van der Waals surface area contributed by atoms with Gasteiger partial charge in [-0.2, -0.15) is 4.31 Å². The Hall–Kier alpha value is -2.49. The SMILES string of the molecule is COc1ccc(S(=O)(=O)N(C)CC(=O)Nc2cc(OC)c(Cl)cc2OC)cc1C. The number of aryl methyl sites for hydroxylation is 1. The minimum absolute atomic E-state index is 0.0665. The van der Waals surface area contributed by atoms with Gasteiger partial charge in [0.25, 0.3) is 0 Å². The summed E-state index contributed by atoms with van der Waals surface area (Å²) in [5, 5.41) is 2.94. The molecule has 0 aliphatic heterocycles. The second-order valence-electron chi connectivity index (χ2n) is 6.13. The molecule has 0 aliphatic rings. The maximum Gasteiger partial charge on any atom is 0.243 e. The molecule has 2 aromatic carbocycles. The van der Waals surface area contributed by atoms with E-state index in [1.54, 1.807) is 13.0 Å². The number of sulfonamides is 1. The normalized spacial score (nSPS) is 11.3. The van der Waals surface area contributed by atoms with Gasteiger partial charge in [-0.1, -0.05) is 11.6 Å². The molecule has 0 spiro atoms. The lowest BCUT2D eigenvalue weighted by Gasteiger charge is -2.18. The highest BCUT2D eigenvalue weighted by Crippen LogP contribution is 2.35. The van der Waals surface area contributed by atoms with Crippen molar-refractivity contribution in [3.8, 4) is 17.2 Å². The van der Waals surface area contributed by atoms with Crippen molar-refractivity contribution in [2.24, 2.45) is 0 Å². The third kappa shape index (κ3) is 5.11. The number of likely N-dealkylation sites (N-methyl/N-ethyl adjacent to an activating group) is 1. The molecule has 0 aliphatic carbocycles. The molecule has 158 valence electrons. The maximum atomic E-state index is 12.8. The number of nitrogens with one attached hydrogen (secondary N) is 1. The van der Waals surface area contributed by atoms with E-state index in [-0.39, 0.29) is 4.90 Å². The fraction of sp³-hybridized carbons (Fsp3) is 0.316. The summed E-state index contributed by atoms with van der Waals surface area (Å²) in [6.07, 6.45) is 0. The van der Waals surface area contributed by atoms with E-state index in [1.165, 1.54) is 52.6 Å². The van der Waals surface area contributed by atoms with Crippen molar-refractivity contribution in [3.05, 3.63) is 40.9 Å². The zero-order valence-corrected chi connectivity index (χ0v) is 18.3. The van der Waals surface area contributed by atoms with Gasteiger partial charge in [-0.25, -0.2) is 8.42 Å². The Balaban J connectivity index is 2.19. The molecule has 0 aromatic heterocycles. The Labute approximate surface area is 175 Å². The predicted octanol–water partition coefficient (Wildman–Crippen LogP) is 2.93. The number of hydrogen-bond donors (Lipinski definition) is 1. The van der Waals surface area contributed by atoms with Crippen LogP contribution >= 0.6 is 11.6 Å². The number of ether oxygens (including phenoxy) is 3. The third-order valence-corrected chi connectivity index (χ3v) is 6.28. The van der Waals surface area contributed by atoms with Crippen molar-refractivity contribution in [1.29, 1.82) is 0 Å². The zero-order chi connectivity index (χ0) is 21.8. The maximum absolute atomic E-state index is 12.8. The van der Waals surface area contributed by atoms with Crippen molar-refractivity contribution < 1.29 is 27.4 Å². The summed E-state index contributed by atoms with van der Waals surface area (Å²) in [7, 11) is 1.83. The van der Waals surface area contributed by atoms with Crippen molar-refractivity contribution in [1.82, 2.24) is 4.31 Å². The second kappa shape index (κ2) is 9.34. The molecule has 0 atom stereocenters. The molecule has 0 heterocycles. The van der Waals surface area contributed by atoms with E-state index < -0.39 is 22.5 Å². The van der Waals surface area contributed by atoms with Gasteiger partial charge < -0.3 is 19.5 Å². The summed E-state index contributed by atoms with van der Waals surface area (Å²) < 4.78 is 42.0. The monoisotopic (exact) mass is 442 g/mol. The van der Waals surface area contributed by atoms with E-state index in [1.807, 2.05) is 0 Å². The summed E-state index contributed by atoms with van der Waals surface area (Å²) in [6.45, 7) is 1.34. The first-order chi connectivity index (χ1) is 13.6. The van der Waals surface area contributed by atoms with Crippen molar-refractivity contribution in [2.45, 2.75) is 11.8 Å². The molecular formula is C19H23ClN2O6S. The fourth-order valence-electron chi connectivity index (χ4n) is 2.63. The molecule has 2 aromatic rings. The fourth-order valence-corrected chi connectivity index (χ4v) is 4.07. The summed E-state index contributed by atoms with van der Waals surface area (Å²) >= 11 is 6.05. The quantitative estimate of drug-likeness (QED) is 0.675. The number of hydrogen-bond acceptors (Lipinski definition) is 6. The first-order valence-corrected chi connectivity index (χ1v) is 10.3. The molecule has 10 heteroatoms. The standard InChI is InChI=1S/C19H23ClN2O6S/c1-12-8-13(6-7-16(12)26-3)29(24,25)22(2)11-19(23)21-15-10-17(27-4)14(20)9-18(15)28-5/h6-10H,11H2,1-5H3,(H,21,23). The average molecular weight is 443 g/mol. The van der Waals surface area contributed by atoms with Crippen molar-refractivity contribution in [3.63, 3.8) is 0 Å². The number of carbonyl (C=O) groups excluding carboxylic acids is 1. The van der Waals surface area contributed by atoms with Crippen LogP contribution in [0, 0.1) is 6.92 Å². The van der Waals surface area contributed by atoms with Crippen LogP contribution < -0.4 is 19.5 Å². The van der Waals surface area contributed by atoms with E-state index in [0.29, 0.717) is 33.5 Å². The Morgan fingerprint density at radius 3 is 2.21 bits per heavy atom. The third-order valence-electron chi connectivity index (χ3n) is 4.19. The summed E-state index contributed by atoms with van der Waals surface area (Å²) in [5.74, 6) is 0.690. The molecule has 0 radical (unpaired) electrons. The molecule has 1 N–H and O–H groups in total. The van der Waals surface area contributed by atoms with Crippen LogP contribution in [0.4, 0.5) is 5.69 Å². The lowest BCUT2D eigenvalue weighted by molar-refractivity contribution is -0.116. The number of halogens is 1. The Morgan fingerprint density at radius 1 is 1.03 bits per heavy atom. The van der Waals surface area contributed by atoms with Crippen molar-refractivity contribution >= 4 is 33.2 Å². The molecule has 2 rings (SSSR count). The van der Waals surface area contributed by atoms with E-state index in [0.717, 1.165) is 4.31 Å². The minimum Gasteiger partial charge on any atom is -0.496 e. The number of benzene rings is 2. The van der Waals surface area contributed by atoms with Crippen LogP contribution in [0.15, 0.2) is 35.2 Å². The molecule has 0 saturated carbocycles. The lowest BCUT2D eigenvalue weighted by Crippen LogP contribution is -2.35. The number of amides is 1. The molecule has 0 saturated heterocycles. The van der Waals surface area contributed by atoms with Gasteiger partial charge in [-0.05, 0) is 30.7 Å². The molecule has 8 nitrogen and oxygen atoms in total. The van der Waals surface area contributed by atoms with Gasteiger partial charge >= 0.3 is 0 Å². The van der Waals surface area contributed by atoms with Gasteiger partial charge in [-0.3, -0.25) is 4.79 Å². The van der Waals surface area contributed by atoms with Gasteiger partial charge in [0.1, 0.15) is 17.2 Å². The Morgan fingerprint density at radius 2 is 1.66 bits per heavy atom. The Bertz CT molecular complexity index is 1010. The molecule has 1 amide bonds. The smallest absolute Gasteiger partial charge is 0.243 e. The van der Waals surface area contributed by atoms with Gasteiger partial charge in [0.15, 0.2) is 0 Å². The van der Waals surface area contributed by atoms with Crippen LogP contribution in [0.2, 0.25) is 5.02 Å². The summed E-state index contributed by atoms with van der Waals surface area (Å²) in [4.78, 5) is 12.5. The predicted molar refractivity (Wildman–Crippen MR) is 111 cm³/mol. The number of rotatable bonds is 8. The number of carbonyl (C=O) groups is 1. The second-order valence-corrected chi connectivity index (χ2v) is 8.58. The average Bonchev–Trinajstić information content (AvgIpc) is 2.68. The molecule has 0 unspecified atom stereocenters.